The molecule has 1 atom stereocenters. The zero-order valence-corrected chi connectivity index (χ0v) is 9.71. The highest BCUT2D eigenvalue weighted by atomic mass is 16.1. The third-order valence-electron chi connectivity index (χ3n) is 3.10. The molecule has 1 amide bonds. The number of rotatable bonds is 2. The fraction of sp³-hybridized carbons (Fsp3) is 0.0667. The number of nitrogens with one attached hydrogen (secondary N) is 1. The van der Waals surface area contributed by atoms with E-state index >= 15 is 0 Å². The number of benzene rings is 2. The lowest BCUT2D eigenvalue weighted by atomic mass is 9.95. The molecular weight excluding hydrogens is 224 g/mol. The summed E-state index contributed by atoms with van der Waals surface area (Å²) in [7, 11) is 0. The van der Waals surface area contributed by atoms with Crippen molar-refractivity contribution in [2.75, 3.05) is 0 Å². The van der Waals surface area contributed by atoms with Gasteiger partial charge >= 0.3 is 0 Å². The summed E-state index contributed by atoms with van der Waals surface area (Å²) < 4.78 is 0. The minimum absolute atomic E-state index is 0.175. The molecule has 1 aliphatic rings. The first-order valence-electron chi connectivity index (χ1n) is 5.82. The lowest BCUT2D eigenvalue weighted by molar-refractivity contribution is -0.109. The summed E-state index contributed by atoms with van der Waals surface area (Å²) in [5.74, 6) is 0. The fourth-order valence-electron chi connectivity index (χ4n) is 2.27. The second-order valence-corrected chi connectivity index (χ2v) is 4.14. The van der Waals surface area contributed by atoms with Gasteiger partial charge in [0.2, 0.25) is 6.41 Å². The van der Waals surface area contributed by atoms with Crippen molar-refractivity contribution in [3.8, 4) is 11.1 Å². The largest absolute Gasteiger partial charge is 0.347 e. The molecule has 3 nitrogen and oxygen atoms in total. The predicted octanol–water partition coefficient (Wildman–Crippen LogP) is 2.86. The Hall–Kier alpha value is -2.42. The van der Waals surface area contributed by atoms with Gasteiger partial charge in [0.15, 0.2) is 0 Å². The van der Waals surface area contributed by atoms with Crippen molar-refractivity contribution in [3.63, 3.8) is 0 Å². The monoisotopic (exact) mass is 236 g/mol. The summed E-state index contributed by atoms with van der Waals surface area (Å²) in [5, 5.41) is 2.79. The van der Waals surface area contributed by atoms with Crippen LogP contribution < -0.4 is 5.32 Å². The minimum atomic E-state index is -0.175. The number of nitrogens with zero attached hydrogens (tertiary/aromatic N) is 1. The summed E-state index contributed by atoms with van der Waals surface area (Å²) >= 11 is 0. The van der Waals surface area contributed by atoms with Gasteiger partial charge < -0.3 is 5.32 Å². The van der Waals surface area contributed by atoms with Crippen LogP contribution in [0.3, 0.4) is 0 Å². The molecule has 0 bridgehead atoms. The fourth-order valence-corrected chi connectivity index (χ4v) is 2.27. The van der Waals surface area contributed by atoms with Gasteiger partial charge in [-0.25, -0.2) is 0 Å². The molecule has 0 aliphatic carbocycles. The summed E-state index contributed by atoms with van der Waals surface area (Å²) in [5.41, 5.74) is 4.21. The van der Waals surface area contributed by atoms with Crippen molar-refractivity contribution in [3.05, 3.63) is 54.1 Å². The first kappa shape index (κ1) is 10.7. The first-order chi connectivity index (χ1) is 8.90. The van der Waals surface area contributed by atoms with Crippen LogP contribution in [-0.2, 0) is 4.79 Å². The van der Waals surface area contributed by atoms with Gasteiger partial charge in [0.05, 0.1) is 11.7 Å². The molecule has 3 rings (SSSR count). The molecule has 3 heteroatoms. The number of para-hydroxylation sites is 1. The lowest BCUT2D eigenvalue weighted by Gasteiger charge is -2.14. The van der Waals surface area contributed by atoms with Crippen molar-refractivity contribution < 1.29 is 4.79 Å². The zero-order valence-electron chi connectivity index (χ0n) is 9.71. The molecule has 0 fully saturated rings. The van der Waals surface area contributed by atoms with Gasteiger partial charge in [0.1, 0.15) is 0 Å². The quantitative estimate of drug-likeness (QED) is 0.800. The number of carbonyl (C=O) groups excluding carboxylic acids is 1. The SMILES string of the molecule is O=CNC1C=Nc2ccccc2-c2ccccc21. The molecule has 1 heterocycles. The maximum atomic E-state index is 10.7. The lowest BCUT2D eigenvalue weighted by Crippen LogP contribution is -2.20. The van der Waals surface area contributed by atoms with Crippen molar-refractivity contribution in [2.45, 2.75) is 6.04 Å². The highest BCUT2D eigenvalue weighted by molar-refractivity contribution is 5.88. The van der Waals surface area contributed by atoms with Crippen LogP contribution >= 0.6 is 0 Å². The normalized spacial score (nSPS) is 16.3. The van der Waals surface area contributed by atoms with Crippen LogP contribution in [0.2, 0.25) is 0 Å². The molecular formula is C15H12N2O. The van der Waals surface area contributed by atoms with E-state index < -0.39 is 0 Å². The number of aliphatic imine (C=N–C) groups is 1. The van der Waals surface area contributed by atoms with Gasteiger partial charge in [-0.1, -0.05) is 42.5 Å². The third-order valence-corrected chi connectivity index (χ3v) is 3.10. The molecule has 0 saturated carbocycles. The molecule has 88 valence electrons. The molecule has 0 radical (unpaired) electrons. The highest BCUT2D eigenvalue weighted by Crippen LogP contribution is 2.36. The number of carbonyl (C=O) groups is 1. The molecule has 0 aromatic heterocycles. The second kappa shape index (κ2) is 4.45. The van der Waals surface area contributed by atoms with E-state index in [1.54, 1.807) is 6.21 Å². The Kier molecular flexibility index (Phi) is 2.65. The van der Waals surface area contributed by atoms with E-state index in [1.165, 1.54) is 0 Å². The van der Waals surface area contributed by atoms with Crippen LogP contribution in [0.5, 0.6) is 0 Å². The Morgan fingerprint density at radius 3 is 2.56 bits per heavy atom. The van der Waals surface area contributed by atoms with Crippen LogP contribution in [0, 0.1) is 0 Å². The van der Waals surface area contributed by atoms with Crippen LogP contribution in [0.4, 0.5) is 5.69 Å². The zero-order chi connectivity index (χ0) is 12.4. The molecule has 1 N–H and O–H groups in total. The van der Waals surface area contributed by atoms with Gasteiger partial charge in [-0.15, -0.1) is 0 Å². The number of hydrogen-bond acceptors (Lipinski definition) is 2. The van der Waals surface area contributed by atoms with Crippen LogP contribution in [0.1, 0.15) is 11.6 Å². The van der Waals surface area contributed by atoms with Crippen LogP contribution in [-0.4, -0.2) is 12.6 Å². The third kappa shape index (κ3) is 1.70. The Bertz CT molecular complexity index is 619. The number of hydrogen-bond donors (Lipinski definition) is 1. The summed E-state index contributed by atoms with van der Waals surface area (Å²) in [6.45, 7) is 0. The molecule has 1 aliphatic heterocycles. The van der Waals surface area contributed by atoms with E-state index in [9.17, 15) is 4.79 Å². The molecule has 2 aromatic carbocycles. The molecule has 2 aromatic rings. The Balaban J connectivity index is 2.24. The minimum Gasteiger partial charge on any atom is -0.347 e. The Morgan fingerprint density at radius 2 is 1.72 bits per heavy atom. The molecule has 0 saturated heterocycles. The highest BCUT2D eigenvalue weighted by Gasteiger charge is 2.18. The average Bonchev–Trinajstić information content (AvgIpc) is 2.58. The summed E-state index contributed by atoms with van der Waals surface area (Å²) in [6, 6.07) is 15.9. The Morgan fingerprint density at radius 1 is 1.00 bits per heavy atom. The van der Waals surface area contributed by atoms with Gasteiger partial charge in [0, 0.05) is 11.8 Å². The first-order valence-corrected chi connectivity index (χ1v) is 5.82. The maximum absolute atomic E-state index is 10.7. The summed E-state index contributed by atoms with van der Waals surface area (Å²) in [4.78, 5) is 15.2. The molecule has 0 spiro atoms. The van der Waals surface area contributed by atoms with Gasteiger partial charge in [-0.05, 0) is 17.2 Å². The van der Waals surface area contributed by atoms with Gasteiger partial charge in [0.25, 0.3) is 0 Å². The van der Waals surface area contributed by atoms with Crippen molar-refractivity contribution >= 4 is 18.3 Å². The summed E-state index contributed by atoms with van der Waals surface area (Å²) in [6.07, 6.45) is 2.49. The van der Waals surface area contributed by atoms with E-state index in [4.69, 9.17) is 0 Å². The molecule has 18 heavy (non-hydrogen) atoms. The van der Waals surface area contributed by atoms with Gasteiger partial charge in [-0.3, -0.25) is 9.79 Å². The van der Waals surface area contributed by atoms with Crippen molar-refractivity contribution in [1.29, 1.82) is 0 Å². The topological polar surface area (TPSA) is 41.5 Å². The maximum Gasteiger partial charge on any atom is 0.207 e. The standard InChI is InChI=1S/C15H12N2O/c18-10-17-15-9-16-14-8-4-3-6-12(14)11-5-1-2-7-13(11)15/h1-10,15H,(H,17,18). The smallest absolute Gasteiger partial charge is 0.207 e. The number of amides is 1. The number of fused-ring (bicyclic) bond motifs is 3. The van der Waals surface area contributed by atoms with E-state index in [2.05, 4.69) is 22.4 Å². The Labute approximate surface area is 105 Å². The average molecular weight is 236 g/mol. The van der Waals surface area contributed by atoms with Crippen LogP contribution in [0.25, 0.3) is 11.1 Å². The second-order valence-electron chi connectivity index (χ2n) is 4.14. The van der Waals surface area contributed by atoms with E-state index in [0.29, 0.717) is 6.41 Å². The van der Waals surface area contributed by atoms with E-state index in [1.807, 2.05) is 36.4 Å². The molecule has 1 unspecified atom stereocenters. The predicted molar refractivity (Wildman–Crippen MR) is 72.0 cm³/mol. The van der Waals surface area contributed by atoms with Crippen molar-refractivity contribution in [2.24, 2.45) is 4.99 Å². The van der Waals surface area contributed by atoms with Crippen LogP contribution in [0.15, 0.2) is 53.5 Å². The van der Waals surface area contributed by atoms with E-state index in [-0.39, 0.29) is 6.04 Å². The van der Waals surface area contributed by atoms with Gasteiger partial charge in [-0.2, -0.15) is 0 Å². The van der Waals surface area contributed by atoms with E-state index in [0.717, 1.165) is 22.4 Å². The van der Waals surface area contributed by atoms with Crippen molar-refractivity contribution in [1.82, 2.24) is 5.32 Å².